The van der Waals surface area contributed by atoms with Gasteiger partial charge in [0.2, 0.25) is 15.9 Å². The smallest absolute Gasteiger partial charge is 0.243 e. The zero-order chi connectivity index (χ0) is 19.4. The van der Waals surface area contributed by atoms with E-state index in [9.17, 15) is 13.2 Å². The maximum Gasteiger partial charge on any atom is 0.243 e. The first-order valence-electron chi connectivity index (χ1n) is 8.91. The SMILES string of the molecule is CN1CCN(S(=O)(=O)c2ccc(NC(=O)CCc3cnn(C)c3)cc2)CC1. The van der Waals surface area contributed by atoms with Crippen LogP contribution in [0, 0.1) is 0 Å². The summed E-state index contributed by atoms with van der Waals surface area (Å²) in [5.74, 6) is -0.117. The second-order valence-electron chi connectivity index (χ2n) is 6.80. The van der Waals surface area contributed by atoms with Crippen LogP contribution in [0.25, 0.3) is 0 Å². The van der Waals surface area contributed by atoms with E-state index in [0.29, 0.717) is 31.6 Å². The van der Waals surface area contributed by atoms with Crippen molar-refractivity contribution in [2.75, 3.05) is 38.5 Å². The Balaban J connectivity index is 1.57. The first-order valence-corrected chi connectivity index (χ1v) is 10.3. The van der Waals surface area contributed by atoms with Gasteiger partial charge in [-0.25, -0.2) is 8.42 Å². The van der Waals surface area contributed by atoms with Crippen LogP contribution in [0.2, 0.25) is 0 Å². The summed E-state index contributed by atoms with van der Waals surface area (Å²) in [4.78, 5) is 14.4. The molecule has 0 saturated carbocycles. The Hall–Kier alpha value is -2.23. The maximum atomic E-state index is 12.7. The summed E-state index contributed by atoms with van der Waals surface area (Å²) in [5, 5.41) is 6.88. The monoisotopic (exact) mass is 391 g/mol. The highest BCUT2D eigenvalue weighted by atomic mass is 32.2. The quantitative estimate of drug-likeness (QED) is 0.791. The number of rotatable bonds is 6. The van der Waals surface area contributed by atoms with Crippen molar-refractivity contribution in [3.8, 4) is 0 Å². The van der Waals surface area contributed by atoms with E-state index in [2.05, 4.69) is 15.3 Å². The summed E-state index contributed by atoms with van der Waals surface area (Å²) >= 11 is 0. The maximum absolute atomic E-state index is 12.7. The Bertz CT molecular complexity index is 884. The van der Waals surface area contributed by atoms with Gasteiger partial charge in [0.25, 0.3) is 0 Å². The Morgan fingerprint density at radius 2 is 1.78 bits per heavy atom. The predicted molar refractivity (Wildman–Crippen MR) is 103 cm³/mol. The molecule has 146 valence electrons. The second-order valence-corrected chi connectivity index (χ2v) is 8.74. The number of anilines is 1. The van der Waals surface area contributed by atoms with E-state index in [1.54, 1.807) is 35.1 Å². The average Bonchev–Trinajstić information content (AvgIpc) is 3.06. The zero-order valence-corrected chi connectivity index (χ0v) is 16.4. The summed E-state index contributed by atoms with van der Waals surface area (Å²) < 4.78 is 28.6. The summed E-state index contributed by atoms with van der Waals surface area (Å²) in [6.45, 7) is 2.44. The van der Waals surface area contributed by atoms with Crippen molar-refractivity contribution in [2.45, 2.75) is 17.7 Å². The van der Waals surface area contributed by atoms with Crippen molar-refractivity contribution in [3.05, 3.63) is 42.2 Å². The normalized spacial score (nSPS) is 16.4. The molecule has 0 spiro atoms. The number of nitrogens with one attached hydrogen (secondary N) is 1. The molecule has 3 rings (SSSR count). The fourth-order valence-corrected chi connectivity index (χ4v) is 4.39. The molecule has 1 N–H and O–H groups in total. The highest BCUT2D eigenvalue weighted by molar-refractivity contribution is 7.89. The minimum Gasteiger partial charge on any atom is -0.326 e. The van der Waals surface area contributed by atoms with Gasteiger partial charge in [-0.1, -0.05) is 0 Å². The fourth-order valence-electron chi connectivity index (χ4n) is 2.97. The summed E-state index contributed by atoms with van der Waals surface area (Å²) in [5.41, 5.74) is 1.59. The lowest BCUT2D eigenvalue weighted by Crippen LogP contribution is -2.46. The number of hydrogen-bond donors (Lipinski definition) is 1. The van der Waals surface area contributed by atoms with E-state index in [-0.39, 0.29) is 10.8 Å². The van der Waals surface area contributed by atoms with E-state index in [1.165, 1.54) is 4.31 Å². The van der Waals surface area contributed by atoms with Crippen molar-refractivity contribution >= 4 is 21.6 Å². The molecule has 0 unspecified atom stereocenters. The molecule has 2 aromatic rings. The molecule has 2 heterocycles. The van der Waals surface area contributed by atoms with E-state index in [4.69, 9.17) is 0 Å². The van der Waals surface area contributed by atoms with Gasteiger partial charge < -0.3 is 10.2 Å². The van der Waals surface area contributed by atoms with Crippen LogP contribution in [0.3, 0.4) is 0 Å². The lowest BCUT2D eigenvalue weighted by atomic mass is 10.2. The van der Waals surface area contributed by atoms with Crippen molar-refractivity contribution in [3.63, 3.8) is 0 Å². The standard InChI is InChI=1S/C18H25N5O3S/c1-21-9-11-23(12-10-21)27(25,26)17-6-4-16(5-7-17)20-18(24)8-3-15-13-19-22(2)14-15/h4-7,13-14H,3,8-12H2,1-2H3,(H,20,24). The third-order valence-corrected chi connectivity index (χ3v) is 6.55. The fraction of sp³-hybridized carbons (Fsp3) is 0.444. The molecular weight excluding hydrogens is 366 g/mol. The molecule has 1 aromatic carbocycles. The number of sulfonamides is 1. The number of carbonyl (C=O) groups excluding carboxylic acids is 1. The van der Waals surface area contributed by atoms with Gasteiger partial charge in [0, 0.05) is 51.5 Å². The zero-order valence-electron chi connectivity index (χ0n) is 15.6. The molecule has 1 aliphatic rings. The third kappa shape index (κ3) is 4.94. The highest BCUT2D eigenvalue weighted by Gasteiger charge is 2.27. The van der Waals surface area contributed by atoms with Gasteiger partial charge >= 0.3 is 0 Å². The molecule has 0 radical (unpaired) electrons. The van der Waals surface area contributed by atoms with Crippen LogP contribution in [-0.4, -0.2) is 66.5 Å². The van der Waals surface area contributed by atoms with Crippen LogP contribution in [0.15, 0.2) is 41.6 Å². The van der Waals surface area contributed by atoms with Crippen molar-refractivity contribution in [1.82, 2.24) is 19.0 Å². The minimum absolute atomic E-state index is 0.117. The number of aromatic nitrogens is 2. The number of aryl methyl sites for hydroxylation is 2. The molecule has 1 aromatic heterocycles. The van der Waals surface area contributed by atoms with Crippen LogP contribution in [-0.2, 0) is 28.3 Å². The summed E-state index contributed by atoms with van der Waals surface area (Å²) in [7, 11) is 0.327. The van der Waals surface area contributed by atoms with Gasteiger partial charge in [-0.2, -0.15) is 9.40 Å². The Kier molecular flexibility index (Phi) is 5.93. The third-order valence-electron chi connectivity index (χ3n) is 4.64. The first kappa shape index (κ1) is 19.5. The molecule has 0 bridgehead atoms. The Labute approximate surface area is 159 Å². The van der Waals surface area contributed by atoms with E-state index in [0.717, 1.165) is 18.7 Å². The van der Waals surface area contributed by atoms with Gasteiger partial charge in [-0.15, -0.1) is 0 Å². The molecule has 1 amide bonds. The summed E-state index contributed by atoms with van der Waals surface area (Å²) in [6, 6.07) is 6.35. The molecule has 0 aliphatic carbocycles. The molecule has 1 aliphatic heterocycles. The van der Waals surface area contributed by atoms with Crippen molar-refractivity contribution in [2.24, 2.45) is 7.05 Å². The van der Waals surface area contributed by atoms with E-state index in [1.807, 2.05) is 20.3 Å². The van der Waals surface area contributed by atoms with Crippen LogP contribution in [0.4, 0.5) is 5.69 Å². The Morgan fingerprint density at radius 1 is 1.11 bits per heavy atom. The van der Waals surface area contributed by atoms with Crippen molar-refractivity contribution < 1.29 is 13.2 Å². The highest BCUT2D eigenvalue weighted by Crippen LogP contribution is 2.20. The van der Waals surface area contributed by atoms with E-state index < -0.39 is 10.0 Å². The van der Waals surface area contributed by atoms with Gasteiger partial charge in [-0.3, -0.25) is 9.48 Å². The minimum atomic E-state index is -3.49. The largest absolute Gasteiger partial charge is 0.326 e. The number of hydrogen-bond acceptors (Lipinski definition) is 5. The van der Waals surface area contributed by atoms with Crippen LogP contribution < -0.4 is 5.32 Å². The van der Waals surface area contributed by atoms with Gasteiger partial charge in [0.15, 0.2) is 0 Å². The lowest BCUT2D eigenvalue weighted by Gasteiger charge is -2.31. The van der Waals surface area contributed by atoms with Gasteiger partial charge in [0.05, 0.1) is 11.1 Å². The van der Waals surface area contributed by atoms with Crippen molar-refractivity contribution in [1.29, 1.82) is 0 Å². The summed E-state index contributed by atoms with van der Waals surface area (Å²) in [6.07, 6.45) is 4.57. The van der Waals surface area contributed by atoms with Crippen LogP contribution in [0.1, 0.15) is 12.0 Å². The van der Waals surface area contributed by atoms with Gasteiger partial charge in [0.1, 0.15) is 0 Å². The number of amides is 1. The number of benzene rings is 1. The number of carbonyl (C=O) groups is 1. The number of piperazine rings is 1. The molecule has 9 heteroatoms. The molecular formula is C18H25N5O3S. The molecule has 1 saturated heterocycles. The predicted octanol–water partition coefficient (Wildman–Crippen LogP) is 0.927. The number of likely N-dealkylation sites (N-methyl/N-ethyl adjacent to an activating group) is 1. The molecule has 8 nitrogen and oxygen atoms in total. The molecule has 0 atom stereocenters. The lowest BCUT2D eigenvalue weighted by molar-refractivity contribution is -0.116. The topological polar surface area (TPSA) is 87.5 Å². The van der Waals surface area contributed by atoms with Crippen LogP contribution in [0.5, 0.6) is 0 Å². The van der Waals surface area contributed by atoms with Crippen LogP contribution >= 0.6 is 0 Å². The average molecular weight is 391 g/mol. The first-order chi connectivity index (χ1) is 12.8. The number of nitrogens with zero attached hydrogens (tertiary/aromatic N) is 4. The molecule has 1 fully saturated rings. The second kappa shape index (κ2) is 8.20. The molecule has 27 heavy (non-hydrogen) atoms. The van der Waals surface area contributed by atoms with E-state index >= 15 is 0 Å². The van der Waals surface area contributed by atoms with Gasteiger partial charge in [-0.05, 0) is 43.3 Å². The Morgan fingerprint density at radius 3 is 2.37 bits per heavy atom.